The molecule has 0 fully saturated rings. The van der Waals surface area contributed by atoms with Gasteiger partial charge >= 0.3 is 5.97 Å². The van der Waals surface area contributed by atoms with Gasteiger partial charge in [-0.15, -0.1) is 11.3 Å². The molecule has 7 heteroatoms. The fourth-order valence-corrected chi connectivity index (χ4v) is 2.83. The van der Waals surface area contributed by atoms with Crippen LogP contribution in [0.3, 0.4) is 0 Å². The highest BCUT2D eigenvalue weighted by molar-refractivity contribution is 7.10. The van der Waals surface area contributed by atoms with Crippen molar-refractivity contribution >= 4 is 33.8 Å². The van der Waals surface area contributed by atoms with Gasteiger partial charge in [0.05, 0.1) is 10.7 Å². The monoisotopic (exact) mass is 269 g/mol. The van der Waals surface area contributed by atoms with Gasteiger partial charge in [0.25, 0.3) is 0 Å². The van der Waals surface area contributed by atoms with Crippen molar-refractivity contribution in [1.82, 2.24) is 9.36 Å². The first-order valence-corrected chi connectivity index (χ1v) is 6.65. The molecule has 17 heavy (non-hydrogen) atoms. The maximum absolute atomic E-state index is 11.0. The third-order valence-electron chi connectivity index (χ3n) is 2.18. The van der Waals surface area contributed by atoms with Crippen LogP contribution in [0.5, 0.6) is 0 Å². The summed E-state index contributed by atoms with van der Waals surface area (Å²) in [7, 11) is 0. The molecule has 0 saturated carbocycles. The van der Waals surface area contributed by atoms with E-state index >= 15 is 0 Å². The molecule has 2 heterocycles. The molecule has 0 aliphatic rings. The molecule has 0 saturated heterocycles. The lowest BCUT2D eigenvalue weighted by molar-refractivity contribution is 0.0697. The summed E-state index contributed by atoms with van der Waals surface area (Å²) < 4.78 is 4.04. The van der Waals surface area contributed by atoms with E-state index in [9.17, 15) is 4.79 Å². The number of aromatic nitrogens is 2. The molecule has 0 spiro atoms. The van der Waals surface area contributed by atoms with Crippen molar-refractivity contribution in [1.29, 1.82) is 0 Å². The number of thiazole rings is 1. The predicted octanol–water partition coefficient (Wildman–Crippen LogP) is 2.26. The van der Waals surface area contributed by atoms with Crippen LogP contribution in [0.15, 0.2) is 11.6 Å². The molecule has 0 atom stereocenters. The number of carboxylic acid groups (broad SMARTS) is 1. The first kappa shape index (κ1) is 12.0. The lowest BCUT2D eigenvalue weighted by Gasteiger charge is -2.02. The highest BCUT2D eigenvalue weighted by atomic mass is 32.1. The average Bonchev–Trinajstić information content (AvgIpc) is 2.88. The van der Waals surface area contributed by atoms with Gasteiger partial charge in [0, 0.05) is 24.5 Å². The Labute approximate surface area is 106 Å². The summed E-state index contributed by atoms with van der Waals surface area (Å²) in [4.78, 5) is 15.2. The second-order valence-corrected chi connectivity index (χ2v) is 5.13. The minimum absolute atomic E-state index is 0.272. The third-order valence-corrected chi connectivity index (χ3v) is 3.92. The van der Waals surface area contributed by atoms with E-state index in [1.807, 2.05) is 5.38 Å². The summed E-state index contributed by atoms with van der Waals surface area (Å²) in [5, 5.41) is 15.7. The summed E-state index contributed by atoms with van der Waals surface area (Å²) in [6, 6.07) is 0. The normalized spacial score (nSPS) is 10.4. The maximum atomic E-state index is 11.0. The fraction of sp³-hybridized carbons (Fsp3) is 0.300. The van der Waals surface area contributed by atoms with Crippen molar-refractivity contribution in [2.24, 2.45) is 0 Å². The van der Waals surface area contributed by atoms with Gasteiger partial charge in [-0.1, -0.05) is 0 Å². The summed E-state index contributed by atoms with van der Waals surface area (Å²) in [5.74, 6) is -0.937. The number of aromatic carboxylic acids is 1. The third kappa shape index (κ3) is 2.80. The van der Waals surface area contributed by atoms with Gasteiger partial charge in [-0.25, -0.2) is 9.78 Å². The second kappa shape index (κ2) is 5.24. The number of hydrogen-bond acceptors (Lipinski definition) is 6. The van der Waals surface area contributed by atoms with Gasteiger partial charge in [0.15, 0.2) is 0 Å². The Hall–Kier alpha value is -1.47. The SMILES string of the molecule is Cc1nsc(NCCc2nccs2)c1C(=O)O. The first-order chi connectivity index (χ1) is 8.18. The van der Waals surface area contributed by atoms with Crippen LogP contribution >= 0.6 is 22.9 Å². The van der Waals surface area contributed by atoms with Gasteiger partial charge in [0.2, 0.25) is 0 Å². The quantitative estimate of drug-likeness (QED) is 0.870. The molecule has 2 aromatic rings. The van der Waals surface area contributed by atoms with Crippen molar-refractivity contribution in [3.8, 4) is 0 Å². The molecule has 0 aliphatic heterocycles. The van der Waals surface area contributed by atoms with Crippen LogP contribution in [-0.2, 0) is 6.42 Å². The predicted molar refractivity (Wildman–Crippen MR) is 68.1 cm³/mol. The smallest absolute Gasteiger partial charge is 0.340 e. The number of anilines is 1. The Kier molecular flexibility index (Phi) is 3.70. The fourth-order valence-electron chi connectivity index (χ4n) is 1.40. The Bertz CT molecular complexity index is 508. The molecule has 0 aliphatic carbocycles. The minimum Gasteiger partial charge on any atom is -0.478 e. The van der Waals surface area contributed by atoms with Crippen LogP contribution in [0.25, 0.3) is 0 Å². The van der Waals surface area contributed by atoms with E-state index < -0.39 is 5.97 Å². The van der Waals surface area contributed by atoms with Crippen LogP contribution in [-0.4, -0.2) is 27.0 Å². The number of rotatable bonds is 5. The summed E-state index contributed by atoms with van der Waals surface area (Å²) >= 11 is 2.78. The standard InChI is InChI=1S/C10H11N3O2S2/c1-6-8(10(14)15)9(17-13-6)12-3-2-7-11-4-5-16-7/h4-5,12H,2-3H2,1H3,(H,14,15). The van der Waals surface area contributed by atoms with E-state index in [1.54, 1.807) is 24.5 Å². The van der Waals surface area contributed by atoms with Crippen LogP contribution in [0.1, 0.15) is 21.1 Å². The summed E-state index contributed by atoms with van der Waals surface area (Å²) in [5.41, 5.74) is 0.827. The lowest BCUT2D eigenvalue weighted by atomic mass is 10.2. The number of aryl methyl sites for hydroxylation is 1. The first-order valence-electron chi connectivity index (χ1n) is 5.00. The largest absolute Gasteiger partial charge is 0.478 e. The van der Waals surface area contributed by atoms with Crippen LogP contribution < -0.4 is 5.32 Å². The number of carbonyl (C=O) groups is 1. The molecule has 90 valence electrons. The molecule has 2 aromatic heterocycles. The Balaban J connectivity index is 1.97. The van der Waals surface area contributed by atoms with Crippen molar-refractivity contribution < 1.29 is 9.90 Å². The molecular weight excluding hydrogens is 258 g/mol. The van der Waals surface area contributed by atoms with Crippen molar-refractivity contribution in [2.45, 2.75) is 13.3 Å². The van der Waals surface area contributed by atoms with E-state index in [0.717, 1.165) is 11.4 Å². The van der Waals surface area contributed by atoms with E-state index in [1.165, 1.54) is 11.5 Å². The average molecular weight is 269 g/mol. The zero-order chi connectivity index (χ0) is 12.3. The number of nitrogens with zero attached hydrogens (tertiary/aromatic N) is 2. The number of nitrogens with one attached hydrogen (secondary N) is 1. The topological polar surface area (TPSA) is 75.1 Å². The Morgan fingerprint density at radius 2 is 2.41 bits per heavy atom. The summed E-state index contributed by atoms with van der Waals surface area (Å²) in [6.07, 6.45) is 2.55. The van der Waals surface area contributed by atoms with Gasteiger partial charge < -0.3 is 10.4 Å². The van der Waals surface area contributed by atoms with E-state index in [0.29, 0.717) is 17.2 Å². The van der Waals surface area contributed by atoms with E-state index in [2.05, 4.69) is 14.7 Å². The molecule has 5 nitrogen and oxygen atoms in total. The number of carboxylic acids is 1. The highest BCUT2D eigenvalue weighted by Crippen LogP contribution is 2.24. The zero-order valence-corrected chi connectivity index (χ0v) is 10.8. The molecule has 0 radical (unpaired) electrons. The molecule has 0 unspecified atom stereocenters. The van der Waals surface area contributed by atoms with Crippen molar-refractivity contribution in [2.75, 3.05) is 11.9 Å². The minimum atomic E-state index is -0.937. The second-order valence-electron chi connectivity index (χ2n) is 3.38. The zero-order valence-electron chi connectivity index (χ0n) is 9.14. The summed E-state index contributed by atoms with van der Waals surface area (Å²) in [6.45, 7) is 2.36. The van der Waals surface area contributed by atoms with E-state index in [4.69, 9.17) is 5.11 Å². The van der Waals surface area contributed by atoms with Crippen molar-refractivity contribution in [3.05, 3.63) is 27.8 Å². The van der Waals surface area contributed by atoms with Gasteiger partial charge in [0.1, 0.15) is 10.6 Å². The molecule has 2 N–H and O–H groups in total. The van der Waals surface area contributed by atoms with Gasteiger partial charge in [-0.3, -0.25) is 0 Å². The molecule has 0 amide bonds. The molecule has 0 aromatic carbocycles. The van der Waals surface area contributed by atoms with Crippen LogP contribution in [0.2, 0.25) is 0 Å². The van der Waals surface area contributed by atoms with Gasteiger partial charge in [-0.2, -0.15) is 4.37 Å². The highest BCUT2D eigenvalue weighted by Gasteiger charge is 2.16. The maximum Gasteiger partial charge on any atom is 0.340 e. The van der Waals surface area contributed by atoms with E-state index in [-0.39, 0.29) is 5.56 Å². The molecule has 2 rings (SSSR count). The number of hydrogen-bond donors (Lipinski definition) is 2. The van der Waals surface area contributed by atoms with Crippen LogP contribution in [0, 0.1) is 6.92 Å². The van der Waals surface area contributed by atoms with Crippen molar-refractivity contribution in [3.63, 3.8) is 0 Å². The Morgan fingerprint density at radius 1 is 1.59 bits per heavy atom. The Morgan fingerprint density at radius 3 is 3.06 bits per heavy atom. The molecular formula is C10H11N3O2S2. The van der Waals surface area contributed by atoms with Crippen LogP contribution in [0.4, 0.5) is 5.00 Å². The van der Waals surface area contributed by atoms with Gasteiger partial charge in [-0.05, 0) is 18.5 Å². The molecule has 0 bridgehead atoms. The lowest BCUT2D eigenvalue weighted by Crippen LogP contribution is -2.07.